The van der Waals surface area contributed by atoms with Crippen LogP contribution in [0.2, 0.25) is 0 Å². The Morgan fingerprint density at radius 1 is 1.07 bits per heavy atom. The van der Waals surface area contributed by atoms with Crippen molar-refractivity contribution in [2.45, 2.75) is 79.1 Å². The van der Waals surface area contributed by atoms with E-state index in [0.29, 0.717) is 22.8 Å². The lowest BCUT2D eigenvalue weighted by Gasteiger charge is -2.58. The van der Waals surface area contributed by atoms with Gasteiger partial charge < -0.3 is 24.8 Å². The quantitative estimate of drug-likeness (QED) is 0.226. The molecule has 0 aliphatic heterocycles. The number of phenols is 3. The van der Waals surface area contributed by atoms with E-state index in [9.17, 15) is 25.2 Å². The Morgan fingerprint density at radius 3 is 2.49 bits per heavy atom. The normalized spacial score (nSPS) is 24.4. The SMILES string of the molecule is C=C1CCC2C(C)(C)CCCC2(C)C1CC/C(C)=C/Cc1c(O)cc2oc(-c3ccc(O)cc3)c(O)c(=O)c2c1O. The van der Waals surface area contributed by atoms with E-state index in [1.807, 2.05) is 6.08 Å². The molecule has 2 saturated carbocycles. The van der Waals surface area contributed by atoms with Crippen LogP contribution < -0.4 is 5.43 Å². The van der Waals surface area contributed by atoms with E-state index in [4.69, 9.17) is 4.42 Å². The summed E-state index contributed by atoms with van der Waals surface area (Å²) in [5.74, 6) is -0.135. The molecule has 2 fully saturated rings. The van der Waals surface area contributed by atoms with Gasteiger partial charge in [0.05, 0.1) is 0 Å². The molecular formula is C35H42O6. The van der Waals surface area contributed by atoms with Crippen LogP contribution in [0.5, 0.6) is 23.0 Å². The lowest BCUT2D eigenvalue weighted by atomic mass is 9.47. The molecule has 41 heavy (non-hydrogen) atoms. The minimum atomic E-state index is -0.789. The van der Waals surface area contributed by atoms with E-state index >= 15 is 0 Å². The number of aromatic hydroxyl groups is 4. The van der Waals surface area contributed by atoms with E-state index in [1.165, 1.54) is 61.6 Å². The van der Waals surface area contributed by atoms with Gasteiger partial charge in [-0.05, 0) is 98.8 Å². The number of fused-ring (bicyclic) bond motifs is 2. The Balaban J connectivity index is 1.38. The average Bonchev–Trinajstić information content (AvgIpc) is 2.90. The van der Waals surface area contributed by atoms with Crippen molar-refractivity contribution >= 4 is 11.0 Å². The Labute approximate surface area is 241 Å². The van der Waals surface area contributed by atoms with Crippen molar-refractivity contribution < 1.29 is 24.8 Å². The topological polar surface area (TPSA) is 111 Å². The van der Waals surface area contributed by atoms with Gasteiger partial charge >= 0.3 is 0 Å². The zero-order chi connectivity index (χ0) is 29.7. The standard InChI is InChI=1S/C35H42O6/c1-20(8-15-25-21(2)9-16-28-34(3,4)17-6-18-35(25,28)5)7-14-24-26(37)19-27-29(30(24)38)31(39)32(40)33(41-27)22-10-12-23(36)13-11-22/h7,10-13,19,25,28,36-38,40H,2,6,8-9,14-18H2,1,3-5H3/b20-7+. The Hall–Kier alpha value is -3.67. The Bertz CT molecular complexity index is 1580. The Kier molecular flexibility index (Phi) is 7.47. The van der Waals surface area contributed by atoms with Crippen molar-refractivity contribution in [1.82, 2.24) is 0 Å². The fourth-order valence-corrected chi connectivity index (χ4v) is 7.92. The second-order valence-corrected chi connectivity index (χ2v) is 13.2. The van der Waals surface area contributed by atoms with Gasteiger partial charge in [-0.3, -0.25) is 4.79 Å². The molecule has 3 atom stereocenters. The van der Waals surface area contributed by atoms with Gasteiger partial charge in [0.1, 0.15) is 28.2 Å². The van der Waals surface area contributed by atoms with E-state index in [1.54, 1.807) is 0 Å². The van der Waals surface area contributed by atoms with Gasteiger partial charge in [0.15, 0.2) is 5.76 Å². The van der Waals surface area contributed by atoms with E-state index in [-0.39, 0.29) is 45.6 Å². The smallest absolute Gasteiger partial charge is 0.238 e. The molecule has 6 heteroatoms. The fourth-order valence-electron chi connectivity index (χ4n) is 7.92. The summed E-state index contributed by atoms with van der Waals surface area (Å²) in [6.07, 6.45) is 10.3. The molecule has 0 radical (unpaired) electrons. The third kappa shape index (κ3) is 5.13. The van der Waals surface area contributed by atoms with E-state index in [2.05, 4.69) is 34.3 Å². The van der Waals surface area contributed by atoms with E-state index < -0.39 is 16.9 Å². The molecule has 1 heterocycles. The number of rotatable bonds is 6. The fraction of sp³-hybridized carbons (Fsp3) is 0.457. The number of hydrogen-bond donors (Lipinski definition) is 4. The highest BCUT2D eigenvalue weighted by molar-refractivity contribution is 5.89. The summed E-state index contributed by atoms with van der Waals surface area (Å²) in [5, 5.41) is 41.8. The predicted molar refractivity (Wildman–Crippen MR) is 162 cm³/mol. The minimum absolute atomic E-state index is 0.0275. The average molecular weight is 559 g/mol. The highest BCUT2D eigenvalue weighted by Gasteiger charge is 2.52. The van der Waals surface area contributed by atoms with Crippen LogP contribution in [0.1, 0.15) is 78.2 Å². The number of benzene rings is 2. The summed E-state index contributed by atoms with van der Waals surface area (Å²) >= 11 is 0. The molecule has 6 nitrogen and oxygen atoms in total. The minimum Gasteiger partial charge on any atom is -0.508 e. The molecule has 0 amide bonds. The van der Waals surface area contributed by atoms with Crippen LogP contribution in [-0.4, -0.2) is 20.4 Å². The molecule has 4 N–H and O–H groups in total. The molecule has 2 aliphatic rings. The van der Waals surface area contributed by atoms with Crippen molar-refractivity contribution in [2.24, 2.45) is 22.7 Å². The maximum absolute atomic E-state index is 13.1. The largest absolute Gasteiger partial charge is 0.508 e. The molecule has 1 aromatic heterocycles. The first kappa shape index (κ1) is 28.8. The molecule has 0 saturated heterocycles. The van der Waals surface area contributed by atoms with Gasteiger partial charge in [-0.25, -0.2) is 0 Å². The number of hydrogen-bond acceptors (Lipinski definition) is 6. The van der Waals surface area contributed by atoms with Crippen LogP contribution in [0, 0.1) is 22.7 Å². The van der Waals surface area contributed by atoms with Crippen molar-refractivity contribution in [3.05, 3.63) is 69.9 Å². The predicted octanol–water partition coefficient (Wildman–Crippen LogP) is 8.35. The second-order valence-electron chi connectivity index (χ2n) is 13.2. The molecule has 3 unspecified atom stereocenters. The van der Waals surface area contributed by atoms with Crippen molar-refractivity contribution in [2.75, 3.05) is 0 Å². The Morgan fingerprint density at radius 2 is 1.78 bits per heavy atom. The van der Waals surface area contributed by atoms with Crippen LogP contribution in [0.4, 0.5) is 0 Å². The van der Waals surface area contributed by atoms with Crippen molar-refractivity contribution in [3.8, 4) is 34.3 Å². The summed E-state index contributed by atoms with van der Waals surface area (Å²) in [5.41, 5.74) is 2.90. The van der Waals surface area contributed by atoms with Gasteiger partial charge in [0.25, 0.3) is 0 Å². The number of allylic oxidation sites excluding steroid dienone is 3. The van der Waals surface area contributed by atoms with Gasteiger partial charge in [-0.15, -0.1) is 0 Å². The molecule has 218 valence electrons. The van der Waals surface area contributed by atoms with E-state index in [0.717, 1.165) is 24.8 Å². The van der Waals surface area contributed by atoms with Crippen LogP contribution in [0.25, 0.3) is 22.3 Å². The highest BCUT2D eigenvalue weighted by atomic mass is 16.4. The zero-order valence-electron chi connectivity index (χ0n) is 24.6. The molecule has 3 aromatic rings. The molecule has 5 rings (SSSR count). The summed E-state index contributed by atoms with van der Waals surface area (Å²) in [7, 11) is 0. The maximum atomic E-state index is 13.1. The van der Waals surface area contributed by atoms with Crippen LogP contribution >= 0.6 is 0 Å². The molecule has 0 bridgehead atoms. The van der Waals surface area contributed by atoms with Gasteiger partial charge in [-0.2, -0.15) is 0 Å². The van der Waals surface area contributed by atoms with Gasteiger partial charge in [0, 0.05) is 17.2 Å². The second kappa shape index (κ2) is 10.6. The van der Waals surface area contributed by atoms with Crippen LogP contribution in [0.3, 0.4) is 0 Å². The molecule has 2 aromatic carbocycles. The van der Waals surface area contributed by atoms with Crippen molar-refractivity contribution in [1.29, 1.82) is 0 Å². The summed E-state index contributed by atoms with van der Waals surface area (Å²) in [6, 6.07) is 7.11. The van der Waals surface area contributed by atoms with Gasteiger partial charge in [-0.1, -0.05) is 51.0 Å². The lowest BCUT2D eigenvalue weighted by Crippen LogP contribution is -2.49. The third-order valence-corrected chi connectivity index (χ3v) is 10.1. The maximum Gasteiger partial charge on any atom is 0.238 e. The first-order valence-electron chi connectivity index (χ1n) is 14.7. The monoisotopic (exact) mass is 558 g/mol. The molecular weight excluding hydrogens is 516 g/mol. The lowest BCUT2D eigenvalue weighted by molar-refractivity contribution is -0.0539. The van der Waals surface area contributed by atoms with Crippen LogP contribution in [0.15, 0.2) is 63.3 Å². The number of phenolic OH excluding ortho intramolecular Hbond substituents is 3. The van der Waals surface area contributed by atoms with Gasteiger partial charge in [0.2, 0.25) is 11.2 Å². The van der Waals surface area contributed by atoms with Crippen molar-refractivity contribution in [3.63, 3.8) is 0 Å². The summed E-state index contributed by atoms with van der Waals surface area (Å²) < 4.78 is 5.75. The first-order valence-corrected chi connectivity index (χ1v) is 14.7. The third-order valence-electron chi connectivity index (χ3n) is 10.1. The molecule has 0 spiro atoms. The summed E-state index contributed by atoms with van der Waals surface area (Å²) in [4.78, 5) is 13.1. The summed E-state index contributed by atoms with van der Waals surface area (Å²) in [6.45, 7) is 13.9. The molecule has 2 aliphatic carbocycles. The highest BCUT2D eigenvalue weighted by Crippen LogP contribution is 2.61. The zero-order valence-corrected chi connectivity index (χ0v) is 24.6. The first-order chi connectivity index (χ1) is 19.3. The van der Waals surface area contributed by atoms with Crippen LogP contribution in [-0.2, 0) is 6.42 Å².